The SMILES string of the molecule is Nc1nc2c(Cl)ccc(OCC3(O)CCN(c4c(F)cc(Cl)cc4F)C[C@H]3O)c2s1. The van der Waals surface area contributed by atoms with Crippen molar-refractivity contribution < 1.29 is 23.7 Å². The molecule has 1 fully saturated rings. The molecule has 2 aromatic carbocycles. The standard InChI is InChI=1S/C19H17Cl2F2N3O3S/c20-9-5-11(22)16(12(23)6-9)26-4-3-19(28,14(27)7-26)8-29-13-2-1-10(21)15-17(13)30-18(24)25-15/h1-2,5-6,14,27-28H,3-4,7-8H2,(H2,24,25)/t14-,19?/m1/s1. The van der Waals surface area contributed by atoms with Gasteiger partial charge in [-0.05, 0) is 30.7 Å². The largest absolute Gasteiger partial charge is 0.489 e. The van der Waals surface area contributed by atoms with Crippen molar-refractivity contribution in [2.24, 2.45) is 0 Å². The predicted molar refractivity (Wildman–Crippen MR) is 114 cm³/mol. The van der Waals surface area contributed by atoms with E-state index in [9.17, 15) is 19.0 Å². The molecule has 4 rings (SSSR count). The maximum absolute atomic E-state index is 14.2. The fraction of sp³-hybridized carbons (Fsp3) is 0.316. The van der Waals surface area contributed by atoms with Crippen LogP contribution >= 0.6 is 34.5 Å². The highest BCUT2D eigenvalue weighted by molar-refractivity contribution is 7.22. The number of piperidine rings is 1. The van der Waals surface area contributed by atoms with Gasteiger partial charge in [0, 0.05) is 18.1 Å². The molecule has 3 aromatic rings. The summed E-state index contributed by atoms with van der Waals surface area (Å²) in [5, 5.41) is 22.1. The van der Waals surface area contributed by atoms with Gasteiger partial charge < -0.3 is 25.6 Å². The van der Waals surface area contributed by atoms with E-state index in [4.69, 9.17) is 33.7 Å². The third kappa shape index (κ3) is 3.88. The van der Waals surface area contributed by atoms with E-state index in [1.54, 1.807) is 12.1 Å². The number of ether oxygens (including phenoxy) is 1. The number of β-amino-alcohol motifs (C(OH)–C–C–N with tert-alkyl or cyclic N) is 1. The molecule has 11 heteroatoms. The molecule has 6 nitrogen and oxygen atoms in total. The predicted octanol–water partition coefficient (Wildman–Crippen LogP) is 3.84. The molecule has 0 spiro atoms. The highest BCUT2D eigenvalue weighted by Crippen LogP contribution is 2.38. The van der Waals surface area contributed by atoms with E-state index in [-0.39, 0.29) is 36.8 Å². The van der Waals surface area contributed by atoms with Crippen molar-refractivity contribution in [3.05, 3.63) is 45.9 Å². The summed E-state index contributed by atoms with van der Waals surface area (Å²) in [4.78, 5) is 5.49. The summed E-state index contributed by atoms with van der Waals surface area (Å²) >= 11 is 13.0. The minimum atomic E-state index is -1.61. The third-order valence-corrected chi connectivity index (χ3v) is 6.50. The van der Waals surface area contributed by atoms with Gasteiger partial charge in [0.05, 0.1) is 9.72 Å². The fourth-order valence-electron chi connectivity index (χ4n) is 3.46. The summed E-state index contributed by atoms with van der Waals surface area (Å²) < 4.78 is 34.8. The first-order valence-electron chi connectivity index (χ1n) is 8.95. The summed E-state index contributed by atoms with van der Waals surface area (Å²) in [6, 6.07) is 5.24. The smallest absolute Gasteiger partial charge is 0.181 e. The van der Waals surface area contributed by atoms with E-state index in [0.717, 1.165) is 12.1 Å². The Bertz CT molecular complexity index is 1090. The number of aliphatic hydroxyl groups excluding tert-OH is 1. The van der Waals surface area contributed by atoms with Gasteiger partial charge in [0.15, 0.2) is 16.8 Å². The monoisotopic (exact) mass is 475 g/mol. The van der Waals surface area contributed by atoms with Crippen LogP contribution < -0.4 is 15.4 Å². The molecule has 0 saturated carbocycles. The van der Waals surface area contributed by atoms with Crippen LogP contribution in [0, 0.1) is 11.6 Å². The normalized spacial score (nSPS) is 21.9. The van der Waals surface area contributed by atoms with Gasteiger partial charge in [0.2, 0.25) is 0 Å². The molecule has 160 valence electrons. The van der Waals surface area contributed by atoms with Gasteiger partial charge in [0.25, 0.3) is 0 Å². The van der Waals surface area contributed by atoms with Crippen molar-refractivity contribution in [3.8, 4) is 5.75 Å². The number of aliphatic hydroxyl groups is 2. The van der Waals surface area contributed by atoms with Gasteiger partial charge in [-0.25, -0.2) is 13.8 Å². The summed E-state index contributed by atoms with van der Waals surface area (Å²) in [6.07, 6.45) is -1.29. The number of rotatable bonds is 4. The number of fused-ring (bicyclic) bond motifs is 1. The molecule has 2 atom stereocenters. The van der Waals surface area contributed by atoms with Crippen LogP contribution in [0.2, 0.25) is 10.0 Å². The lowest BCUT2D eigenvalue weighted by molar-refractivity contribution is -0.108. The number of nitrogens with two attached hydrogens (primary N) is 1. The Labute approximate surface area is 184 Å². The molecule has 1 aliphatic rings. The number of thiazole rings is 1. The molecular weight excluding hydrogens is 459 g/mol. The first-order valence-corrected chi connectivity index (χ1v) is 10.5. The minimum absolute atomic E-state index is 0.0250. The average Bonchev–Trinajstić information content (AvgIpc) is 3.06. The second kappa shape index (κ2) is 7.97. The molecule has 1 aliphatic heterocycles. The zero-order chi connectivity index (χ0) is 21.6. The maximum Gasteiger partial charge on any atom is 0.181 e. The van der Waals surface area contributed by atoms with Crippen LogP contribution in [0.1, 0.15) is 6.42 Å². The van der Waals surface area contributed by atoms with E-state index >= 15 is 0 Å². The summed E-state index contributed by atoms with van der Waals surface area (Å²) in [5.41, 5.74) is 4.34. The zero-order valence-corrected chi connectivity index (χ0v) is 17.7. The summed E-state index contributed by atoms with van der Waals surface area (Å²) in [5.74, 6) is -1.25. The quantitative estimate of drug-likeness (QED) is 0.530. The van der Waals surface area contributed by atoms with E-state index < -0.39 is 23.3 Å². The van der Waals surface area contributed by atoms with Gasteiger partial charge >= 0.3 is 0 Å². The van der Waals surface area contributed by atoms with Crippen LogP contribution in [0.3, 0.4) is 0 Å². The van der Waals surface area contributed by atoms with E-state index in [1.807, 2.05) is 0 Å². The van der Waals surface area contributed by atoms with Crippen molar-refractivity contribution >= 4 is 55.6 Å². The van der Waals surface area contributed by atoms with E-state index in [1.165, 1.54) is 16.2 Å². The van der Waals surface area contributed by atoms with Gasteiger partial charge in [-0.2, -0.15) is 0 Å². The first kappa shape index (κ1) is 21.3. The summed E-state index contributed by atoms with van der Waals surface area (Å²) in [7, 11) is 0. The maximum atomic E-state index is 14.2. The lowest BCUT2D eigenvalue weighted by atomic mass is 9.89. The van der Waals surface area contributed by atoms with Crippen LogP contribution in [0.25, 0.3) is 10.2 Å². The van der Waals surface area contributed by atoms with E-state index in [2.05, 4.69) is 4.98 Å². The topological polar surface area (TPSA) is 91.8 Å². The fourth-order valence-corrected chi connectivity index (χ4v) is 4.73. The van der Waals surface area contributed by atoms with Crippen molar-refractivity contribution in [3.63, 3.8) is 0 Å². The molecule has 0 radical (unpaired) electrons. The second-order valence-electron chi connectivity index (χ2n) is 7.10. The van der Waals surface area contributed by atoms with Crippen LogP contribution in [0.5, 0.6) is 5.75 Å². The van der Waals surface area contributed by atoms with E-state index in [0.29, 0.717) is 26.1 Å². The van der Waals surface area contributed by atoms with Crippen molar-refractivity contribution in [1.29, 1.82) is 0 Å². The Balaban J connectivity index is 1.50. The number of nitrogen functional groups attached to an aromatic ring is 1. The Morgan fingerprint density at radius 3 is 2.67 bits per heavy atom. The molecule has 1 aromatic heterocycles. The molecule has 0 amide bonds. The Morgan fingerprint density at radius 2 is 2.00 bits per heavy atom. The van der Waals surface area contributed by atoms with Gasteiger partial charge in [-0.15, -0.1) is 0 Å². The molecule has 1 saturated heterocycles. The third-order valence-electron chi connectivity index (χ3n) is 5.08. The highest BCUT2D eigenvalue weighted by atomic mass is 35.5. The van der Waals surface area contributed by atoms with Gasteiger partial charge in [0.1, 0.15) is 35.3 Å². The van der Waals surface area contributed by atoms with Crippen LogP contribution in [0.4, 0.5) is 19.6 Å². The van der Waals surface area contributed by atoms with Crippen LogP contribution in [-0.4, -0.2) is 46.6 Å². The number of hydrogen-bond acceptors (Lipinski definition) is 7. The number of hydrogen-bond donors (Lipinski definition) is 3. The second-order valence-corrected chi connectivity index (χ2v) is 8.97. The first-order chi connectivity index (χ1) is 14.2. The summed E-state index contributed by atoms with van der Waals surface area (Å²) in [6.45, 7) is -0.309. The molecule has 30 heavy (non-hydrogen) atoms. The Hall–Kier alpha value is -1.91. The number of aromatic nitrogens is 1. The molecular formula is C19H17Cl2F2N3O3S. The number of anilines is 2. The zero-order valence-electron chi connectivity index (χ0n) is 15.4. The molecule has 1 unspecified atom stereocenters. The lowest BCUT2D eigenvalue weighted by Gasteiger charge is -2.42. The lowest BCUT2D eigenvalue weighted by Crippen LogP contribution is -2.58. The van der Waals surface area contributed by atoms with Crippen molar-refractivity contribution in [2.45, 2.75) is 18.1 Å². The molecule has 0 bridgehead atoms. The van der Waals surface area contributed by atoms with Gasteiger partial charge in [-0.3, -0.25) is 0 Å². The highest BCUT2D eigenvalue weighted by Gasteiger charge is 2.42. The molecule has 4 N–H and O–H groups in total. The van der Waals surface area contributed by atoms with Crippen LogP contribution in [0.15, 0.2) is 24.3 Å². The average molecular weight is 476 g/mol. The molecule has 0 aliphatic carbocycles. The minimum Gasteiger partial charge on any atom is -0.489 e. The molecule has 2 heterocycles. The number of halogens is 4. The van der Waals surface area contributed by atoms with Crippen molar-refractivity contribution in [1.82, 2.24) is 4.98 Å². The van der Waals surface area contributed by atoms with Gasteiger partial charge in [-0.1, -0.05) is 34.5 Å². The van der Waals surface area contributed by atoms with Crippen molar-refractivity contribution in [2.75, 3.05) is 30.3 Å². The Kier molecular flexibility index (Phi) is 5.67. The Morgan fingerprint density at radius 1 is 1.30 bits per heavy atom. The van der Waals surface area contributed by atoms with Crippen LogP contribution in [-0.2, 0) is 0 Å². The number of nitrogens with zero attached hydrogens (tertiary/aromatic N) is 2. The number of benzene rings is 2.